The Kier molecular flexibility index (Phi) is 6.79. The smallest absolute Gasteiger partial charge is 0.251 e. The number of aliphatic hydroxyl groups is 1. The maximum atomic E-state index is 12.2. The summed E-state index contributed by atoms with van der Waals surface area (Å²) in [6.07, 6.45) is 0.414. The zero-order valence-electron chi connectivity index (χ0n) is 17.8. The third-order valence-corrected chi connectivity index (χ3v) is 5.60. The molecule has 0 aliphatic rings. The van der Waals surface area contributed by atoms with Gasteiger partial charge in [-0.15, -0.1) is 0 Å². The van der Waals surface area contributed by atoms with Gasteiger partial charge in [0.2, 0.25) is 0 Å². The van der Waals surface area contributed by atoms with Crippen LogP contribution in [0.2, 0.25) is 5.02 Å². The van der Waals surface area contributed by atoms with Gasteiger partial charge in [-0.05, 0) is 57.0 Å². The van der Waals surface area contributed by atoms with Crippen molar-refractivity contribution in [1.82, 2.24) is 15.1 Å². The van der Waals surface area contributed by atoms with Crippen molar-refractivity contribution in [3.05, 3.63) is 76.1 Å². The average molecular weight is 437 g/mol. The molecule has 160 valence electrons. The molecule has 1 aromatic heterocycles. The number of aryl methyl sites for hydroxylation is 2. The molecule has 1 atom stereocenters. The fourth-order valence-corrected chi connectivity index (χ4v) is 3.71. The third-order valence-electron chi connectivity index (χ3n) is 5.29. The van der Waals surface area contributed by atoms with Crippen LogP contribution in [0.5, 0.6) is 0 Å². The van der Waals surface area contributed by atoms with Crippen molar-refractivity contribution in [2.45, 2.75) is 39.3 Å². The number of nitrogens with zero attached hydrogens (tertiary/aromatic N) is 3. The van der Waals surface area contributed by atoms with Gasteiger partial charge in [0, 0.05) is 29.9 Å². The van der Waals surface area contributed by atoms with Crippen molar-refractivity contribution >= 4 is 17.5 Å². The van der Waals surface area contributed by atoms with E-state index in [2.05, 4.69) is 16.5 Å². The minimum Gasteiger partial charge on any atom is -0.388 e. The van der Waals surface area contributed by atoms with E-state index >= 15 is 0 Å². The Bertz CT molecular complexity index is 1130. The molecule has 0 saturated carbocycles. The summed E-state index contributed by atoms with van der Waals surface area (Å²) >= 11 is 6.20. The Hall–Kier alpha value is -3.14. The number of hydrogen-bond acceptors (Lipinski definition) is 4. The molecule has 0 spiro atoms. The van der Waals surface area contributed by atoms with E-state index in [1.54, 1.807) is 43.3 Å². The summed E-state index contributed by atoms with van der Waals surface area (Å²) in [7, 11) is 0. The van der Waals surface area contributed by atoms with Crippen LogP contribution in [0.1, 0.15) is 40.7 Å². The van der Waals surface area contributed by atoms with E-state index in [9.17, 15) is 9.90 Å². The summed E-state index contributed by atoms with van der Waals surface area (Å²) in [5.74, 6) is -0.216. The molecule has 31 heavy (non-hydrogen) atoms. The maximum Gasteiger partial charge on any atom is 0.251 e. The van der Waals surface area contributed by atoms with E-state index in [4.69, 9.17) is 16.9 Å². The Morgan fingerprint density at radius 1 is 1.26 bits per heavy atom. The van der Waals surface area contributed by atoms with E-state index in [-0.39, 0.29) is 12.5 Å². The third kappa shape index (κ3) is 5.32. The minimum atomic E-state index is -1.09. The van der Waals surface area contributed by atoms with Crippen molar-refractivity contribution in [1.29, 1.82) is 5.26 Å². The van der Waals surface area contributed by atoms with E-state index in [0.29, 0.717) is 29.1 Å². The van der Waals surface area contributed by atoms with Gasteiger partial charge in [-0.25, -0.2) is 0 Å². The highest BCUT2D eigenvalue weighted by Gasteiger charge is 2.23. The monoisotopic (exact) mass is 436 g/mol. The number of carbonyl (C=O) groups is 1. The molecule has 3 rings (SSSR count). The van der Waals surface area contributed by atoms with Crippen LogP contribution in [-0.4, -0.2) is 32.9 Å². The molecule has 6 nitrogen and oxygen atoms in total. The van der Waals surface area contributed by atoms with Crippen LogP contribution in [0.15, 0.2) is 48.5 Å². The molecule has 2 aromatic carbocycles. The second-order valence-corrected chi connectivity index (χ2v) is 8.28. The first-order chi connectivity index (χ1) is 14.7. The summed E-state index contributed by atoms with van der Waals surface area (Å²) in [6.45, 7) is 6.21. The van der Waals surface area contributed by atoms with E-state index in [1.807, 2.05) is 30.7 Å². The molecule has 0 fully saturated rings. The van der Waals surface area contributed by atoms with Crippen LogP contribution >= 0.6 is 11.6 Å². The standard InChI is InChI=1S/C24H25ClN4O2/c1-16-22(19-9-10-20(14-26)21(25)13-19)17(2)29(28-16)12-11-24(3,31)15-27-23(30)18-7-5-4-6-8-18/h4-10,13,31H,11-12,15H2,1-3H3,(H,27,30). The number of benzene rings is 2. The molecule has 0 radical (unpaired) electrons. The molecule has 1 unspecified atom stereocenters. The lowest BCUT2D eigenvalue weighted by molar-refractivity contribution is 0.0427. The molecule has 2 N–H and O–H groups in total. The highest BCUT2D eigenvalue weighted by atomic mass is 35.5. The summed E-state index contributed by atoms with van der Waals surface area (Å²) in [5, 5.41) is 27.6. The Balaban J connectivity index is 1.68. The van der Waals surface area contributed by atoms with Crippen LogP contribution in [0.25, 0.3) is 11.1 Å². The highest BCUT2D eigenvalue weighted by molar-refractivity contribution is 6.32. The van der Waals surface area contributed by atoms with Crippen molar-refractivity contribution in [3.8, 4) is 17.2 Å². The summed E-state index contributed by atoms with van der Waals surface area (Å²) < 4.78 is 1.85. The van der Waals surface area contributed by atoms with Crippen LogP contribution in [0.4, 0.5) is 0 Å². The van der Waals surface area contributed by atoms with Crippen LogP contribution in [-0.2, 0) is 6.54 Å². The second-order valence-electron chi connectivity index (χ2n) is 7.87. The molecular weight excluding hydrogens is 412 g/mol. The topological polar surface area (TPSA) is 90.9 Å². The zero-order valence-corrected chi connectivity index (χ0v) is 18.6. The van der Waals surface area contributed by atoms with Crippen LogP contribution in [0, 0.1) is 25.2 Å². The predicted octanol–water partition coefficient (Wildman–Crippen LogP) is 4.26. The summed E-state index contributed by atoms with van der Waals surface area (Å²) in [6, 6.07) is 16.3. The van der Waals surface area contributed by atoms with Gasteiger partial charge in [0.1, 0.15) is 6.07 Å². The van der Waals surface area contributed by atoms with Gasteiger partial charge < -0.3 is 10.4 Å². The molecular formula is C24H25ClN4O2. The second kappa shape index (κ2) is 9.34. The molecule has 1 amide bonds. The number of nitrogens with one attached hydrogen (secondary N) is 1. The molecule has 3 aromatic rings. The first-order valence-corrected chi connectivity index (χ1v) is 10.4. The average Bonchev–Trinajstić information content (AvgIpc) is 3.04. The van der Waals surface area contributed by atoms with Gasteiger partial charge in [0.25, 0.3) is 5.91 Å². The fourth-order valence-electron chi connectivity index (χ4n) is 3.49. The van der Waals surface area contributed by atoms with Crippen LogP contribution < -0.4 is 5.32 Å². The van der Waals surface area contributed by atoms with Crippen LogP contribution in [0.3, 0.4) is 0 Å². The number of nitriles is 1. The van der Waals surface area contributed by atoms with Gasteiger partial charge in [-0.2, -0.15) is 10.4 Å². The largest absolute Gasteiger partial charge is 0.388 e. The summed E-state index contributed by atoms with van der Waals surface area (Å²) in [4.78, 5) is 12.2. The van der Waals surface area contributed by atoms with Gasteiger partial charge in [0.05, 0.1) is 21.9 Å². The molecule has 7 heteroatoms. The highest BCUT2D eigenvalue weighted by Crippen LogP contribution is 2.30. The number of amides is 1. The molecule has 1 heterocycles. The lowest BCUT2D eigenvalue weighted by Gasteiger charge is -2.24. The number of rotatable bonds is 7. The SMILES string of the molecule is Cc1nn(CCC(C)(O)CNC(=O)c2ccccc2)c(C)c1-c1ccc(C#N)c(Cl)c1. The quantitative estimate of drug-likeness (QED) is 0.578. The van der Waals surface area contributed by atoms with Crippen molar-refractivity contribution in [2.75, 3.05) is 6.54 Å². The van der Waals surface area contributed by atoms with Crippen molar-refractivity contribution in [2.24, 2.45) is 0 Å². The fraction of sp³-hybridized carbons (Fsp3) is 0.292. The Morgan fingerprint density at radius 3 is 2.61 bits per heavy atom. The maximum absolute atomic E-state index is 12.2. The van der Waals surface area contributed by atoms with Gasteiger partial charge in [0.15, 0.2) is 0 Å². The van der Waals surface area contributed by atoms with E-state index < -0.39 is 5.60 Å². The summed E-state index contributed by atoms with van der Waals surface area (Å²) in [5.41, 5.74) is 3.55. The van der Waals surface area contributed by atoms with Gasteiger partial charge in [-0.1, -0.05) is 35.9 Å². The minimum absolute atomic E-state index is 0.137. The van der Waals surface area contributed by atoms with Gasteiger partial charge >= 0.3 is 0 Å². The molecule has 0 aliphatic carbocycles. The Labute approximate surface area is 187 Å². The number of carbonyl (C=O) groups excluding carboxylic acids is 1. The molecule has 0 aliphatic heterocycles. The number of aromatic nitrogens is 2. The number of hydrogen-bond donors (Lipinski definition) is 2. The normalized spacial score (nSPS) is 12.8. The molecule has 0 bridgehead atoms. The lowest BCUT2D eigenvalue weighted by Crippen LogP contribution is -2.41. The zero-order chi connectivity index (χ0) is 22.6. The molecule has 0 saturated heterocycles. The Morgan fingerprint density at radius 2 is 1.97 bits per heavy atom. The first kappa shape index (κ1) is 22.5. The van der Waals surface area contributed by atoms with E-state index in [1.165, 1.54) is 0 Å². The number of halogens is 1. The lowest BCUT2D eigenvalue weighted by atomic mass is 10.0. The van der Waals surface area contributed by atoms with Crippen molar-refractivity contribution < 1.29 is 9.90 Å². The van der Waals surface area contributed by atoms with E-state index in [0.717, 1.165) is 22.5 Å². The predicted molar refractivity (Wildman–Crippen MR) is 121 cm³/mol. The van der Waals surface area contributed by atoms with Gasteiger partial charge in [-0.3, -0.25) is 9.48 Å². The first-order valence-electron chi connectivity index (χ1n) is 10.0. The van der Waals surface area contributed by atoms with Crippen molar-refractivity contribution in [3.63, 3.8) is 0 Å².